The molecule has 0 aliphatic heterocycles. The minimum Gasteiger partial charge on any atom is -0.297 e. The van der Waals surface area contributed by atoms with Gasteiger partial charge in [-0.05, 0) is 137 Å². The van der Waals surface area contributed by atoms with Crippen LogP contribution in [-0.4, -0.2) is 24.3 Å². The monoisotopic (exact) mass is 551 g/mol. The average molecular weight is 552 g/mol. The molecule has 4 heteroatoms. The topological polar surface area (TPSA) is 50.4 Å². The number of aromatic nitrogens is 1. The van der Waals surface area contributed by atoms with Crippen LogP contribution in [0.3, 0.4) is 0 Å². The Bertz CT molecular complexity index is 1230. The van der Waals surface area contributed by atoms with E-state index in [1.54, 1.807) is 0 Å². The number of aliphatic imine (C=N–C) groups is 1. The number of carbonyl (C=O) groups is 2. The molecule has 4 nitrogen and oxygen atoms in total. The van der Waals surface area contributed by atoms with Crippen molar-refractivity contribution in [3.63, 3.8) is 0 Å². The largest absolute Gasteiger partial charge is 0.297 e. The third-order valence-electron chi connectivity index (χ3n) is 11.9. The molecule has 0 radical (unpaired) electrons. The van der Waals surface area contributed by atoms with Crippen LogP contribution in [0.5, 0.6) is 0 Å². The molecule has 8 fully saturated rings. The Balaban J connectivity index is 0.943. The van der Waals surface area contributed by atoms with Crippen LogP contribution < -0.4 is 4.57 Å². The SMILES string of the molecule is C\C=C/C(/C=C/c1cc[n+](CC(=O)C23CC4CC(CC(C4)C2)C3)cc1)=C\C=N\CC(=O)C12CC3CC(CC(C3)C1)C2. The summed E-state index contributed by atoms with van der Waals surface area (Å²) in [5, 5.41) is 0. The highest BCUT2D eigenvalue weighted by Crippen LogP contribution is 2.61. The van der Waals surface area contributed by atoms with E-state index in [-0.39, 0.29) is 10.8 Å². The number of ketones is 2. The molecular formula is C37H47N2O2+. The zero-order chi connectivity index (χ0) is 28.0. The number of hydrogen-bond donors (Lipinski definition) is 0. The third-order valence-corrected chi connectivity index (χ3v) is 11.9. The van der Waals surface area contributed by atoms with Crippen molar-refractivity contribution < 1.29 is 14.2 Å². The van der Waals surface area contributed by atoms with Crippen molar-refractivity contribution in [1.29, 1.82) is 0 Å². The van der Waals surface area contributed by atoms with E-state index in [1.807, 2.05) is 25.3 Å². The van der Waals surface area contributed by atoms with Crippen LogP contribution >= 0.6 is 0 Å². The quantitative estimate of drug-likeness (QED) is 0.176. The number of carbonyl (C=O) groups excluding carboxylic acids is 2. The van der Waals surface area contributed by atoms with Crippen LogP contribution in [0.1, 0.15) is 89.5 Å². The lowest BCUT2D eigenvalue weighted by Gasteiger charge is -2.55. The summed E-state index contributed by atoms with van der Waals surface area (Å²) in [6, 6.07) is 4.18. The van der Waals surface area contributed by atoms with E-state index < -0.39 is 0 Å². The molecule has 8 bridgehead atoms. The molecule has 0 unspecified atom stereocenters. The summed E-state index contributed by atoms with van der Waals surface area (Å²) >= 11 is 0. The van der Waals surface area contributed by atoms with Crippen LogP contribution in [0.2, 0.25) is 0 Å². The molecule has 1 aromatic heterocycles. The molecular weight excluding hydrogens is 504 g/mol. The first kappa shape index (κ1) is 27.2. The minimum atomic E-state index is -0.0636. The Morgan fingerprint density at radius 2 is 1.27 bits per heavy atom. The van der Waals surface area contributed by atoms with Crippen molar-refractivity contribution >= 4 is 23.9 Å². The van der Waals surface area contributed by atoms with Crippen molar-refractivity contribution in [2.75, 3.05) is 6.54 Å². The second-order valence-electron chi connectivity index (χ2n) is 15.0. The lowest BCUT2D eigenvalue weighted by atomic mass is 9.48. The Kier molecular flexibility index (Phi) is 7.24. The molecule has 0 spiro atoms. The average Bonchev–Trinajstić information content (AvgIpc) is 2.93. The fourth-order valence-corrected chi connectivity index (χ4v) is 10.9. The molecule has 0 N–H and O–H groups in total. The van der Waals surface area contributed by atoms with Gasteiger partial charge in [-0.25, -0.2) is 0 Å². The van der Waals surface area contributed by atoms with Gasteiger partial charge in [0, 0.05) is 29.2 Å². The molecule has 1 heterocycles. The normalized spacial score (nSPS) is 39.1. The van der Waals surface area contributed by atoms with Gasteiger partial charge in [0.25, 0.3) is 0 Å². The summed E-state index contributed by atoms with van der Waals surface area (Å²) in [6.07, 6.45) is 31.1. The predicted octanol–water partition coefficient (Wildman–Crippen LogP) is 7.13. The van der Waals surface area contributed by atoms with Gasteiger partial charge in [-0.15, -0.1) is 0 Å². The van der Waals surface area contributed by atoms with Crippen molar-refractivity contribution in [2.24, 2.45) is 51.3 Å². The molecule has 41 heavy (non-hydrogen) atoms. The van der Waals surface area contributed by atoms with Crippen molar-refractivity contribution in [1.82, 2.24) is 0 Å². The molecule has 0 aromatic carbocycles. The van der Waals surface area contributed by atoms with Gasteiger partial charge >= 0.3 is 0 Å². The van der Waals surface area contributed by atoms with Gasteiger partial charge in [0.1, 0.15) is 0 Å². The standard InChI is InChI=1S/C37H47N2O2/c1-2-3-26(6-9-38-24-34(40)36-18-28-12-29(19-36)14-30(13-28)20-36)4-5-27-7-10-39(11-8-27)25-35(41)37-21-31-15-32(22-37)17-33(16-31)23-37/h2-11,28-33H,12-25H2,1H3/q+1/b3-2-,5-4+,26-6+,38-9+. The minimum absolute atomic E-state index is 0.0338. The Morgan fingerprint density at radius 1 is 0.780 bits per heavy atom. The first-order valence-corrected chi connectivity index (χ1v) is 16.5. The Hall–Kier alpha value is -2.62. The summed E-state index contributed by atoms with van der Waals surface area (Å²) in [7, 11) is 0. The fraction of sp³-hybridized carbons (Fsp3) is 0.622. The Labute approximate surface area is 246 Å². The van der Waals surface area contributed by atoms with E-state index >= 15 is 0 Å². The van der Waals surface area contributed by atoms with Gasteiger partial charge in [0.05, 0.1) is 6.54 Å². The smallest absolute Gasteiger partial charge is 0.207 e. The van der Waals surface area contributed by atoms with Crippen LogP contribution in [0.15, 0.2) is 59.4 Å². The highest BCUT2D eigenvalue weighted by Gasteiger charge is 2.55. The maximum atomic E-state index is 13.5. The van der Waals surface area contributed by atoms with Crippen molar-refractivity contribution in [3.05, 3.63) is 60.0 Å². The number of hydrogen-bond acceptors (Lipinski definition) is 3. The van der Waals surface area contributed by atoms with E-state index in [0.717, 1.165) is 85.2 Å². The summed E-state index contributed by atoms with van der Waals surface area (Å²) in [6.45, 7) is 2.83. The number of nitrogens with zero attached hydrogens (tertiary/aromatic N) is 2. The fourth-order valence-electron chi connectivity index (χ4n) is 10.9. The zero-order valence-corrected chi connectivity index (χ0v) is 24.8. The molecule has 8 saturated carbocycles. The van der Waals surface area contributed by atoms with Crippen molar-refractivity contribution in [2.45, 2.75) is 90.5 Å². The lowest BCUT2D eigenvalue weighted by molar-refractivity contribution is -0.685. The third kappa shape index (κ3) is 5.48. The highest BCUT2D eigenvalue weighted by molar-refractivity contribution is 5.89. The van der Waals surface area contributed by atoms with Crippen molar-refractivity contribution in [3.8, 4) is 0 Å². The number of rotatable bonds is 10. The number of allylic oxidation sites excluding steroid dienone is 5. The molecule has 0 atom stereocenters. The van der Waals surface area contributed by atoms with Gasteiger partial charge in [0.2, 0.25) is 12.3 Å². The van der Waals surface area contributed by atoms with Gasteiger partial charge < -0.3 is 0 Å². The second kappa shape index (κ2) is 10.9. The molecule has 1 aromatic rings. The number of Topliss-reactive ketones (excluding diaryl/α,β-unsaturated/α-hetero) is 2. The first-order chi connectivity index (χ1) is 19.9. The lowest BCUT2D eigenvalue weighted by Crippen LogP contribution is -2.53. The highest BCUT2D eigenvalue weighted by atomic mass is 16.1. The second-order valence-corrected chi connectivity index (χ2v) is 15.0. The molecule has 0 amide bonds. The van der Waals surface area contributed by atoms with Crippen LogP contribution in [0, 0.1) is 46.3 Å². The van der Waals surface area contributed by atoms with E-state index in [1.165, 1.54) is 38.5 Å². The zero-order valence-electron chi connectivity index (χ0n) is 24.8. The summed E-state index contributed by atoms with van der Waals surface area (Å²) in [4.78, 5) is 31.3. The maximum Gasteiger partial charge on any atom is 0.207 e. The molecule has 216 valence electrons. The molecule has 0 saturated heterocycles. The van der Waals surface area contributed by atoms with Crippen LogP contribution in [-0.2, 0) is 16.1 Å². The van der Waals surface area contributed by atoms with E-state index in [0.29, 0.717) is 24.7 Å². The summed E-state index contributed by atoms with van der Waals surface area (Å²) < 4.78 is 2.06. The van der Waals surface area contributed by atoms with Gasteiger partial charge in [-0.1, -0.05) is 24.3 Å². The van der Waals surface area contributed by atoms with Gasteiger partial charge in [-0.2, -0.15) is 4.57 Å². The van der Waals surface area contributed by atoms with Gasteiger partial charge in [0.15, 0.2) is 18.2 Å². The van der Waals surface area contributed by atoms with E-state index in [9.17, 15) is 9.59 Å². The first-order valence-electron chi connectivity index (χ1n) is 16.5. The Morgan fingerprint density at radius 3 is 1.76 bits per heavy atom. The summed E-state index contributed by atoms with van der Waals surface area (Å²) in [5.41, 5.74) is 2.06. The number of pyridine rings is 1. The van der Waals surface area contributed by atoms with E-state index in [2.05, 4.69) is 52.3 Å². The molecule has 8 aliphatic carbocycles. The van der Waals surface area contributed by atoms with E-state index in [4.69, 9.17) is 0 Å². The molecule has 8 aliphatic rings. The predicted molar refractivity (Wildman–Crippen MR) is 163 cm³/mol. The van der Waals surface area contributed by atoms with Crippen LogP contribution in [0.25, 0.3) is 6.08 Å². The maximum absolute atomic E-state index is 13.5. The summed E-state index contributed by atoms with van der Waals surface area (Å²) in [5.74, 6) is 5.60. The van der Waals surface area contributed by atoms with Crippen LogP contribution in [0.4, 0.5) is 0 Å². The molecule has 9 rings (SSSR count). The van der Waals surface area contributed by atoms with Gasteiger partial charge in [-0.3, -0.25) is 14.6 Å².